The molecule has 0 bridgehead atoms. The van der Waals surface area contributed by atoms with Crippen molar-refractivity contribution >= 4 is 5.97 Å². The maximum atomic E-state index is 12.3. The van der Waals surface area contributed by atoms with E-state index < -0.39 is 6.04 Å². The molecular formula is C17H22N2O3. The Balaban J connectivity index is 2.26. The number of esters is 1. The van der Waals surface area contributed by atoms with Crippen molar-refractivity contribution in [3.05, 3.63) is 35.4 Å². The van der Waals surface area contributed by atoms with Crippen molar-refractivity contribution in [3.63, 3.8) is 0 Å². The van der Waals surface area contributed by atoms with Crippen molar-refractivity contribution < 1.29 is 14.3 Å². The van der Waals surface area contributed by atoms with E-state index in [1.54, 1.807) is 18.2 Å². The van der Waals surface area contributed by atoms with Crippen molar-refractivity contribution in [3.8, 4) is 6.07 Å². The monoisotopic (exact) mass is 302 g/mol. The predicted molar refractivity (Wildman–Crippen MR) is 82.1 cm³/mol. The molecule has 0 aliphatic carbocycles. The Labute approximate surface area is 131 Å². The Morgan fingerprint density at radius 2 is 2.36 bits per heavy atom. The van der Waals surface area contributed by atoms with Crippen molar-refractivity contribution in [2.75, 3.05) is 26.8 Å². The number of hydrogen-bond donors (Lipinski definition) is 0. The summed E-state index contributed by atoms with van der Waals surface area (Å²) in [6, 6.07) is 8.79. The number of piperidine rings is 1. The zero-order chi connectivity index (χ0) is 15.9. The summed E-state index contributed by atoms with van der Waals surface area (Å²) in [5.41, 5.74) is 1.34. The lowest BCUT2D eigenvalue weighted by Crippen LogP contribution is -2.44. The summed E-state index contributed by atoms with van der Waals surface area (Å²) in [6.45, 7) is 4.17. The van der Waals surface area contributed by atoms with Gasteiger partial charge in [-0.1, -0.05) is 12.1 Å². The molecule has 1 saturated heterocycles. The van der Waals surface area contributed by atoms with Crippen LogP contribution in [0.2, 0.25) is 0 Å². The van der Waals surface area contributed by atoms with Gasteiger partial charge in [-0.3, -0.25) is 4.90 Å². The fraction of sp³-hybridized carbons (Fsp3) is 0.529. The van der Waals surface area contributed by atoms with Gasteiger partial charge in [-0.2, -0.15) is 5.26 Å². The summed E-state index contributed by atoms with van der Waals surface area (Å²) in [4.78, 5) is 14.4. The largest absolute Gasteiger partial charge is 0.468 e. The SMILES string of the molecule is CCO[C@@H]1CCCN([C@@H](C(=O)OC)c2cccc(C#N)c2)C1. The second kappa shape index (κ2) is 7.92. The topological polar surface area (TPSA) is 62.6 Å². The van der Waals surface area contributed by atoms with Gasteiger partial charge in [-0.05, 0) is 44.0 Å². The van der Waals surface area contributed by atoms with Gasteiger partial charge >= 0.3 is 5.97 Å². The molecule has 0 radical (unpaired) electrons. The van der Waals surface area contributed by atoms with Gasteiger partial charge in [0.15, 0.2) is 0 Å². The fourth-order valence-corrected chi connectivity index (χ4v) is 2.96. The Kier molecular flexibility index (Phi) is 5.93. The van der Waals surface area contributed by atoms with E-state index in [4.69, 9.17) is 14.7 Å². The Hall–Kier alpha value is -1.90. The number of carbonyl (C=O) groups is 1. The summed E-state index contributed by atoms with van der Waals surface area (Å²) < 4.78 is 10.7. The molecule has 1 aromatic carbocycles. The minimum Gasteiger partial charge on any atom is -0.468 e. The highest BCUT2D eigenvalue weighted by atomic mass is 16.5. The molecule has 5 heteroatoms. The number of likely N-dealkylation sites (tertiary alicyclic amines) is 1. The fourth-order valence-electron chi connectivity index (χ4n) is 2.96. The normalized spacial score (nSPS) is 20.1. The molecular weight excluding hydrogens is 280 g/mol. The molecule has 0 amide bonds. The molecule has 1 heterocycles. The summed E-state index contributed by atoms with van der Waals surface area (Å²) >= 11 is 0. The second-order valence-corrected chi connectivity index (χ2v) is 5.38. The third kappa shape index (κ3) is 3.85. The average molecular weight is 302 g/mol. The lowest BCUT2D eigenvalue weighted by atomic mass is 9.99. The van der Waals surface area contributed by atoms with E-state index in [1.807, 2.05) is 13.0 Å². The molecule has 0 N–H and O–H groups in total. The third-order valence-corrected chi connectivity index (χ3v) is 3.93. The Morgan fingerprint density at radius 3 is 3.05 bits per heavy atom. The van der Waals surface area contributed by atoms with Gasteiger partial charge in [-0.15, -0.1) is 0 Å². The smallest absolute Gasteiger partial charge is 0.327 e. The highest BCUT2D eigenvalue weighted by molar-refractivity contribution is 5.77. The van der Waals surface area contributed by atoms with Crippen molar-refractivity contribution in [1.29, 1.82) is 5.26 Å². The van der Waals surface area contributed by atoms with Crippen LogP contribution in [0.4, 0.5) is 0 Å². The molecule has 22 heavy (non-hydrogen) atoms. The van der Waals surface area contributed by atoms with Crippen molar-refractivity contribution in [1.82, 2.24) is 4.90 Å². The molecule has 0 unspecified atom stereocenters. The summed E-state index contributed by atoms with van der Waals surface area (Å²) in [6.07, 6.45) is 2.14. The van der Waals surface area contributed by atoms with Crippen LogP contribution < -0.4 is 0 Å². The van der Waals surface area contributed by atoms with E-state index in [2.05, 4.69) is 11.0 Å². The molecule has 2 atom stereocenters. The summed E-state index contributed by atoms with van der Waals surface area (Å²) in [7, 11) is 1.40. The minimum atomic E-state index is -0.485. The van der Waals surface area contributed by atoms with E-state index in [0.29, 0.717) is 18.7 Å². The van der Waals surface area contributed by atoms with Gasteiger partial charge in [0.25, 0.3) is 0 Å². The van der Waals surface area contributed by atoms with Crippen LogP contribution in [0, 0.1) is 11.3 Å². The van der Waals surface area contributed by atoms with Crippen molar-refractivity contribution in [2.45, 2.75) is 31.9 Å². The molecule has 5 nitrogen and oxygen atoms in total. The zero-order valence-electron chi connectivity index (χ0n) is 13.1. The van der Waals surface area contributed by atoms with Gasteiger partial charge < -0.3 is 9.47 Å². The molecule has 118 valence electrons. The lowest BCUT2D eigenvalue weighted by molar-refractivity contribution is -0.149. The number of carbonyl (C=O) groups excluding carboxylic acids is 1. The Morgan fingerprint density at radius 1 is 1.55 bits per heavy atom. The van der Waals surface area contributed by atoms with Crippen LogP contribution in [0.3, 0.4) is 0 Å². The standard InChI is InChI=1S/C17H22N2O3/c1-3-22-15-8-5-9-19(12-15)16(17(20)21-2)14-7-4-6-13(10-14)11-18/h4,6-7,10,15-16H,3,5,8-9,12H2,1-2H3/t15-,16-/m1/s1. The predicted octanol–water partition coefficient (Wildman–Crippen LogP) is 2.27. The summed E-state index contributed by atoms with van der Waals surface area (Å²) in [5.74, 6) is -0.299. The first kappa shape index (κ1) is 16.5. The van der Waals surface area contributed by atoms with Gasteiger partial charge in [-0.25, -0.2) is 4.79 Å². The minimum absolute atomic E-state index is 0.144. The molecule has 1 aromatic rings. The van der Waals surface area contributed by atoms with Crippen LogP contribution >= 0.6 is 0 Å². The first-order valence-corrected chi connectivity index (χ1v) is 7.63. The van der Waals surface area contributed by atoms with E-state index in [9.17, 15) is 4.79 Å². The summed E-state index contributed by atoms with van der Waals surface area (Å²) in [5, 5.41) is 9.06. The molecule has 0 spiro atoms. The van der Waals surface area contributed by atoms with Crippen molar-refractivity contribution in [2.24, 2.45) is 0 Å². The highest BCUT2D eigenvalue weighted by Gasteiger charge is 2.32. The zero-order valence-corrected chi connectivity index (χ0v) is 13.1. The van der Waals surface area contributed by atoms with Gasteiger partial charge in [0, 0.05) is 13.2 Å². The Bertz CT molecular complexity index is 551. The number of nitrogens with zero attached hydrogens (tertiary/aromatic N) is 2. The molecule has 0 aromatic heterocycles. The molecule has 1 fully saturated rings. The van der Waals surface area contributed by atoms with Crippen LogP contribution in [-0.4, -0.2) is 43.8 Å². The molecule has 2 rings (SSSR count). The van der Waals surface area contributed by atoms with E-state index >= 15 is 0 Å². The average Bonchev–Trinajstić information content (AvgIpc) is 2.56. The van der Waals surface area contributed by atoms with Crippen LogP contribution in [0.1, 0.15) is 36.9 Å². The molecule has 0 saturated carbocycles. The van der Waals surface area contributed by atoms with E-state index in [0.717, 1.165) is 24.9 Å². The number of methoxy groups -OCH3 is 1. The maximum Gasteiger partial charge on any atom is 0.327 e. The van der Waals surface area contributed by atoms with Crippen LogP contribution in [0.25, 0.3) is 0 Å². The van der Waals surface area contributed by atoms with Crippen LogP contribution in [-0.2, 0) is 14.3 Å². The number of hydrogen-bond acceptors (Lipinski definition) is 5. The van der Waals surface area contributed by atoms with E-state index in [-0.39, 0.29) is 12.1 Å². The third-order valence-electron chi connectivity index (χ3n) is 3.93. The van der Waals surface area contributed by atoms with Gasteiger partial charge in [0.05, 0.1) is 24.8 Å². The van der Waals surface area contributed by atoms with Gasteiger partial charge in [0.2, 0.25) is 0 Å². The quantitative estimate of drug-likeness (QED) is 0.781. The van der Waals surface area contributed by atoms with Crippen LogP contribution in [0.15, 0.2) is 24.3 Å². The lowest BCUT2D eigenvalue weighted by Gasteiger charge is -2.36. The first-order chi connectivity index (χ1) is 10.7. The van der Waals surface area contributed by atoms with E-state index in [1.165, 1.54) is 7.11 Å². The number of benzene rings is 1. The first-order valence-electron chi connectivity index (χ1n) is 7.63. The molecule has 1 aliphatic heterocycles. The number of ether oxygens (including phenoxy) is 2. The highest BCUT2D eigenvalue weighted by Crippen LogP contribution is 2.27. The molecule has 1 aliphatic rings. The number of rotatable bonds is 5. The number of nitriles is 1. The maximum absolute atomic E-state index is 12.3. The van der Waals surface area contributed by atoms with Crippen LogP contribution in [0.5, 0.6) is 0 Å². The van der Waals surface area contributed by atoms with Gasteiger partial charge in [0.1, 0.15) is 6.04 Å². The second-order valence-electron chi connectivity index (χ2n) is 5.38.